The molecule has 0 radical (unpaired) electrons. The number of hydrogen-bond donors (Lipinski definition) is 1. The maximum atomic E-state index is 13.3. The molecular formula is C9H6F15NO2S. The fraction of sp³-hybridized carbons (Fsp3) is 1.00. The number of rotatable bonds is 8. The fourth-order valence-electron chi connectivity index (χ4n) is 1.40. The van der Waals surface area contributed by atoms with Crippen molar-refractivity contribution >= 4 is 10.0 Å². The van der Waals surface area contributed by atoms with Crippen LogP contribution in [0.3, 0.4) is 0 Å². The van der Waals surface area contributed by atoms with Crippen molar-refractivity contribution in [3.05, 3.63) is 0 Å². The molecule has 0 aliphatic carbocycles. The molecule has 0 aliphatic heterocycles. The van der Waals surface area contributed by atoms with E-state index < -0.39 is 57.6 Å². The van der Waals surface area contributed by atoms with Crippen LogP contribution in [0.2, 0.25) is 0 Å². The Labute approximate surface area is 144 Å². The summed E-state index contributed by atoms with van der Waals surface area (Å²) < 4.78 is 214. The van der Waals surface area contributed by atoms with Gasteiger partial charge >= 0.3 is 41.0 Å². The lowest BCUT2D eigenvalue weighted by molar-refractivity contribution is -0.447. The Morgan fingerprint density at radius 3 is 1.14 bits per heavy atom. The normalized spacial score (nSPS) is 16.4. The molecule has 0 saturated heterocycles. The zero-order chi connectivity index (χ0) is 23.4. The second-order valence-corrected chi connectivity index (χ2v) is 6.70. The van der Waals surface area contributed by atoms with Gasteiger partial charge in [0.2, 0.25) is 0 Å². The minimum atomic E-state index is -8.52. The standard InChI is InChI=1S/C9H6F15NO2S/c1-2-25-28(26,27)9(23,24)7(18,19)5(14,15)3(10,11)4(12,13)6(16,17)8(20,21)22/h25H,2H2,1H3. The maximum absolute atomic E-state index is 13.3. The average Bonchev–Trinajstić information content (AvgIpc) is 2.44. The highest BCUT2D eigenvalue weighted by molar-refractivity contribution is 7.90. The summed E-state index contributed by atoms with van der Waals surface area (Å²) in [7, 11) is -7.02. The van der Waals surface area contributed by atoms with Crippen molar-refractivity contribution in [2.45, 2.75) is 48.0 Å². The highest BCUT2D eigenvalue weighted by atomic mass is 32.2. The molecule has 28 heavy (non-hydrogen) atoms. The van der Waals surface area contributed by atoms with Gasteiger partial charge in [0.1, 0.15) is 0 Å². The van der Waals surface area contributed by atoms with Crippen LogP contribution in [0.4, 0.5) is 65.9 Å². The van der Waals surface area contributed by atoms with E-state index in [2.05, 4.69) is 0 Å². The van der Waals surface area contributed by atoms with E-state index in [0.29, 0.717) is 11.6 Å². The number of nitrogens with one attached hydrogen (secondary N) is 1. The van der Waals surface area contributed by atoms with Gasteiger partial charge in [0, 0.05) is 6.54 Å². The molecule has 0 atom stereocenters. The third-order valence-electron chi connectivity index (χ3n) is 2.97. The average molecular weight is 477 g/mol. The van der Waals surface area contributed by atoms with Crippen LogP contribution in [-0.4, -0.2) is 56.0 Å². The van der Waals surface area contributed by atoms with Crippen LogP contribution in [0.1, 0.15) is 6.92 Å². The molecule has 170 valence electrons. The van der Waals surface area contributed by atoms with Crippen LogP contribution in [0.15, 0.2) is 0 Å². The first-order valence-corrected chi connectivity index (χ1v) is 7.62. The molecule has 0 aromatic rings. The molecule has 0 amide bonds. The lowest BCUT2D eigenvalue weighted by Gasteiger charge is -2.41. The minimum absolute atomic E-state index is 0.433. The Morgan fingerprint density at radius 2 is 0.857 bits per heavy atom. The molecule has 0 unspecified atom stereocenters. The summed E-state index contributed by atoms with van der Waals surface area (Å²) in [5.74, 6) is -41.6. The first-order chi connectivity index (χ1) is 11.8. The Bertz CT molecular complexity index is 680. The van der Waals surface area contributed by atoms with Crippen LogP contribution in [-0.2, 0) is 10.0 Å². The SMILES string of the molecule is CCNS(=O)(=O)C(F)(F)C(F)(F)C(F)(F)C(F)(F)C(F)(F)C(F)(F)C(F)(F)F. The third kappa shape index (κ3) is 3.26. The smallest absolute Gasteiger partial charge is 0.210 e. The summed E-state index contributed by atoms with van der Waals surface area (Å²) in [4.78, 5) is 0. The molecule has 0 aliphatic rings. The highest BCUT2D eigenvalue weighted by Crippen LogP contribution is 2.62. The lowest BCUT2D eigenvalue weighted by Crippen LogP contribution is -2.73. The number of alkyl halides is 15. The Morgan fingerprint density at radius 1 is 0.571 bits per heavy atom. The van der Waals surface area contributed by atoms with Gasteiger partial charge in [-0.2, -0.15) is 65.9 Å². The molecule has 0 rings (SSSR count). The maximum Gasteiger partial charge on any atom is 0.460 e. The number of sulfonamides is 1. The topological polar surface area (TPSA) is 46.2 Å². The zero-order valence-electron chi connectivity index (χ0n) is 12.6. The molecular weight excluding hydrogens is 471 g/mol. The van der Waals surface area contributed by atoms with Crippen LogP contribution < -0.4 is 4.72 Å². The van der Waals surface area contributed by atoms with Crippen molar-refractivity contribution in [2.24, 2.45) is 0 Å². The van der Waals surface area contributed by atoms with Gasteiger partial charge in [0.15, 0.2) is 0 Å². The van der Waals surface area contributed by atoms with E-state index in [9.17, 15) is 74.3 Å². The molecule has 0 spiro atoms. The first-order valence-electron chi connectivity index (χ1n) is 6.14. The molecule has 0 aromatic carbocycles. The van der Waals surface area contributed by atoms with Crippen LogP contribution in [0.5, 0.6) is 0 Å². The molecule has 0 bridgehead atoms. The van der Waals surface area contributed by atoms with Crippen molar-refractivity contribution in [3.8, 4) is 0 Å². The van der Waals surface area contributed by atoms with E-state index in [0.717, 1.165) is 0 Å². The predicted octanol–water partition coefficient (Wildman–Crippen LogP) is 4.26. The van der Waals surface area contributed by atoms with Gasteiger partial charge in [-0.15, -0.1) is 0 Å². The summed E-state index contributed by atoms with van der Waals surface area (Å²) in [6, 6.07) is 0. The van der Waals surface area contributed by atoms with Gasteiger partial charge in [0.25, 0.3) is 10.0 Å². The van der Waals surface area contributed by atoms with E-state index in [-0.39, 0.29) is 0 Å². The Kier molecular flexibility index (Phi) is 6.42. The lowest BCUT2D eigenvalue weighted by atomic mass is 9.94. The monoisotopic (exact) mass is 477 g/mol. The van der Waals surface area contributed by atoms with Crippen molar-refractivity contribution < 1.29 is 74.3 Å². The van der Waals surface area contributed by atoms with E-state index in [4.69, 9.17) is 0 Å². The largest absolute Gasteiger partial charge is 0.460 e. The molecule has 0 aromatic heterocycles. The van der Waals surface area contributed by atoms with Crippen LogP contribution in [0, 0.1) is 0 Å². The van der Waals surface area contributed by atoms with Crippen molar-refractivity contribution in [2.75, 3.05) is 6.54 Å². The summed E-state index contributed by atoms with van der Waals surface area (Å²) in [6.07, 6.45) is -7.72. The summed E-state index contributed by atoms with van der Waals surface area (Å²) in [5.41, 5.74) is 0. The number of halogens is 15. The Balaban J connectivity index is 6.72. The molecule has 19 heteroatoms. The van der Waals surface area contributed by atoms with Gasteiger partial charge in [0.05, 0.1) is 0 Å². The third-order valence-corrected chi connectivity index (χ3v) is 4.57. The van der Waals surface area contributed by atoms with E-state index >= 15 is 0 Å². The van der Waals surface area contributed by atoms with Gasteiger partial charge in [-0.3, -0.25) is 0 Å². The predicted molar refractivity (Wildman–Crippen MR) is 58.3 cm³/mol. The molecule has 3 nitrogen and oxygen atoms in total. The molecule has 0 heterocycles. The molecule has 0 saturated carbocycles. The van der Waals surface area contributed by atoms with Gasteiger partial charge in [-0.05, 0) is 0 Å². The summed E-state index contributed by atoms with van der Waals surface area (Å²) >= 11 is 0. The Hall–Kier alpha value is -1.14. The molecule has 1 N–H and O–H groups in total. The second-order valence-electron chi connectivity index (χ2n) is 4.89. The van der Waals surface area contributed by atoms with Crippen molar-refractivity contribution in [1.29, 1.82) is 0 Å². The summed E-state index contributed by atoms with van der Waals surface area (Å²) in [6.45, 7) is -0.672. The first kappa shape index (κ1) is 26.9. The van der Waals surface area contributed by atoms with Crippen LogP contribution >= 0.6 is 0 Å². The van der Waals surface area contributed by atoms with E-state index in [1.807, 2.05) is 0 Å². The second kappa shape index (κ2) is 6.69. The van der Waals surface area contributed by atoms with Gasteiger partial charge in [-0.1, -0.05) is 6.92 Å². The van der Waals surface area contributed by atoms with Crippen LogP contribution in [0.25, 0.3) is 0 Å². The van der Waals surface area contributed by atoms with Crippen molar-refractivity contribution in [3.63, 3.8) is 0 Å². The minimum Gasteiger partial charge on any atom is -0.210 e. The highest BCUT2D eigenvalue weighted by Gasteiger charge is 2.94. The van der Waals surface area contributed by atoms with Crippen molar-refractivity contribution in [1.82, 2.24) is 4.72 Å². The molecule has 0 fully saturated rings. The van der Waals surface area contributed by atoms with E-state index in [1.54, 1.807) is 0 Å². The summed E-state index contributed by atoms with van der Waals surface area (Å²) in [5, 5.41) is -7.35. The van der Waals surface area contributed by atoms with E-state index in [1.165, 1.54) is 0 Å². The fourth-order valence-corrected chi connectivity index (χ4v) is 2.43. The van der Waals surface area contributed by atoms with Gasteiger partial charge in [-0.25, -0.2) is 13.1 Å². The quantitative estimate of drug-likeness (QED) is 0.532. The number of hydrogen-bond acceptors (Lipinski definition) is 2. The van der Waals surface area contributed by atoms with Gasteiger partial charge < -0.3 is 0 Å². The zero-order valence-corrected chi connectivity index (χ0v) is 13.4.